The van der Waals surface area contributed by atoms with Crippen LogP contribution in [0.15, 0.2) is 42.6 Å². The number of esters is 1. The molecule has 1 aromatic carbocycles. The molecule has 0 saturated carbocycles. The van der Waals surface area contributed by atoms with Crippen molar-refractivity contribution < 1.29 is 14.3 Å². The lowest BCUT2D eigenvalue weighted by atomic mass is 9.88. The monoisotopic (exact) mass is 621 g/mol. The second kappa shape index (κ2) is 11.6. The third-order valence-electron chi connectivity index (χ3n) is 8.12. The standard InChI is InChI=1S/C33H40ClN5O3S/c1-20-14-28(43-29(20)23-10-9-11-24(34)16-23)30(40)38-19-26(12-13-33(38,7)8)39-18-25(35-36-39)17-37-21(2)15-27(22(37)3)31(41)42-32(4,5)6/h9-11,14-16,18,26H,12-13,17,19H2,1-8H3. The first-order valence-corrected chi connectivity index (χ1v) is 15.8. The van der Waals surface area contributed by atoms with Crippen molar-refractivity contribution in [2.75, 3.05) is 6.54 Å². The van der Waals surface area contributed by atoms with Crippen molar-refractivity contribution in [2.24, 2.45) is 0 Å². The molecule has 0 spiro atoms. The molecule has 1 unspecified atom stereocenters. The molecule has 1 atom stereocenters. The molecule has 43 heavy (non-hydrogen) atoms. The molecule has 10 heteroatoms. The highest BCUT2D eigenvalue weighted by atomic mass is 35.5. The Morgan fingerprint density at radius 3 is 2.58 bits per heavy atom. The number of halogens is 1. The molecule has 1 saturated heterocycles. The van der Waals surface area contributed by atoms with E-state index in [1.807, 2.05) is 93.7 Å². The average molecular weight is 622 g/mol. The maximum Gasteiger partial charge on any atom is 0.340 e. The number of amides is 1. The molecule has 0 radical (unpaired) electrons. The van der Waals surface area contributed by atoms with Crippen LogP contribution in [0.4, 0.5) is 0 Å². The van der Waals surface area contributed by atoms with Crippen molar-refractivity contribution in [3.05, 3.63) is 80.7 Å². The van der Waals surface area contributed by atoms with Gasteiger partial charge < -0.3 is 14.2 Å². The van der Waals surface area contributed by atoms with Gasteiger partial charge in [0.2, 0.25) is 0 Å². The SMILES string of the molecule is Cc1cc(C(=O)N2CC(n3cc(Cn4c(C)cc(C(=O)OC(C)(C)C)c4C)nn3)CCC2(C)C)sc1-c1cccc(Cl)c1. The molecular formula is C33H40ClN5O3S. The molecule has 4 aromatic rings. The Bertz CT molecular complexity index is 1680. The lowest BCUT2D eigenvalue weighted by Crippen LogP contribution is -2.53. The summed E-state index contributed by atoms with van der Waals surface area (Å²) in [6.45, 7) is 16.8. The van der Waals surface area contributed by atoms with Crippen molar-refractivity contribution in [1.82, 2.24) is 24.5 Å². The van der Waals surface area contributed by atoms with E-state index in [2.05, 4.69) is 28.7 Å². The number of carbonyl (C=O) groups is 2. The Labute approximate surface area is 262 Å². The fourth-order valence-corrected chi connectivity index (χ4v) is 7.03. The zero-order valence-electron chi connectivity index (χ0n) is 26.2. The Hall–Kier alpha value is -3.43. The largest absolute Gasteiger partial charge is 0.456 e. The van der Waals surface area contributed by atoms with E-state index in [0.29, 0.717) is 23.7 Å². The number of benzene rings is 1. The summed E-state index contributed by atoms with van der Waals surface area (Å²) in [6.07, 6.45) is 3.70. The van der Waals surface area contributed by atoms with Gasteiger partial charge in [-0.25, -0.2) is 9.48 Å². The van der Waals surface area contributed by atoms with Gasteiger partial charge in [-0.3, -0.25) is 4.79 Å². The number of aromatic nitrogens is 4. The summed E-state index contributed by atoms with van der Waals surface area (Å²) in [6, 6.07) is 11.6. The number of ether oxygens (including phenoxy) is 1. The summed E-state index contributed by atoms with van der Waals surface area (Å²) in [5, 5.41) is 9.62. The van der Waals surface area contributed by atoms with Crippen molar-refractivity contribution in [3.8, 4) is 10.4 Å². The van der Waals surface area contributed by atoms with E-state index in [-0.39, 0.29) is 23.5 Å². The predicted octanol–water partition coefficient (Wildman–Crippen LogP) is 7.65. The first-order valence-electron chi connectivity index (χ1n) is 14.6. The first-order chi connectivity index (χ1) is 20.1. The van der Waals surface area contributed by atoms with E-state index in [1.54, 1.807) is 0 Å². The van der Waals surface area contributed by atoms with Gasteiger partial charge in [-0.2, -0.15) is 0 Å². The molecule has 0 aliphatic carbocycles. The van der Waals surface area contributed by atoms with E-state index in [4.69, 9.17) is 16.3 Å². The van der Waals surface area contributed by atoms with Crippen LogP contribution in [0.25, 0.3) is 10.4 Å². The number of hydrogen-bond acceptors (Lipinski definition) is 6. The molecule has 0 bridgehead atoms. The maximum absolute atomic E-state index is 13.9. The molecular weight excluding hydrogens is 582 g/mol. The predicted molar refractivity (Wildman–Crippen MR) is 171 cm³/mol. The summed E-state index contributed by atoms with van der Waals surface area (Å²) >= 11 is 7.76. The summed E-state index contributed by atoms with van der Waals surface area (Å²) in [4.78, 5) is 30.5. The highest BCUT2D eigenvalue weighted by Crippen LogP contribution is 2.38. The molecule has 5 rings (SSSR count). The first kappa shape index (κ1) is 31.0. The van der Waals surface area contributed by atoms with Gasteiger partial charge in [0.15, 0.2) is 0 Å². The normalized spacial score (nSPS) is 16.9. The lowest BCUT2D eigenvalue weighted by Gasteiger charge is -2.45. The van der Waals surface area contributed by atoms with Crippen molar-refractivity contribution in [1.29, 1.82) is 0 Å². The van der Waals surface area contributed by atoms with Crippen LogP contribution >= 0.6 is 22.9 Å². The summed E-state index contributed by atoms with van der Waals surface area (Å²) in [5.41, 5.74) is 4.37. The fraction of sp³-hybridized carbons (Fsp3) is 0.455. The van der Waals surface area contributed by atoms with E-state index in [0.717, 1.165) is 50.8 Å². The quantitative estimate of drug-likeness (QED) is 0.207. The second-order valence-corrected chi connectivity index (χ2v) is 14.6. The summed E-state index contributed by atoms with van der Waals surface area (Å²) in [7, 11) is 0. The molecule has 1 amide bonds. The number of aryl methyl sites for hydroxylation is 2. The van der Waals surface area contributed by atoms with E-state index in [1.165, 1.54) is 11.3 Å². The minimum absolute atomic E-state index is 0.0101. The van der Waals surface area contributed by atoms with Crippen LogP contribution in [0.3, 0.4) is 0 Å². The molecule has 0 N–H and O–H groups in total. The van der Waals surface area contributed by atoms with Crippen LogP contribution in [0.2, 0.25) is 5.02 Å². The fourth-order valence-electron chi connectivity index (χ4n) is 5.72. The zero-order chi connectivity index (χ0) is 31.3. The van der Waals surface area contributed by atoms with Gasteiger partial charge in [-0.1, -0.05) is 28.9 Å². The molecule has 4 heterocycles. The molecule has 1 aliphatic rings. The lowest BCUT2D eigenvalue weighted by molar-refractivity contribution is 0.00682. The maximum atomic E-state index is 13.9. The van der Waals surface area contributed by atoms with E-state index < -0.39 is 5.60 Å². The van der Waals surface area contributed by atoms with Gasteiger partial charge in [0.1, 0.15) is 11.3 Å². The molecule has 1 fully saturated rings. The highest BCUT2D eigenvalue weighted by molar-refractivity contribution is 7.17. The van der Waals surface area contributed by atoms with Crippen molar-refractivity contribution >= 4 is 34.8 Å². The Morgan fingerprint density at radius 1 is 1.14 bits per heavy atom. The number of likely N-dealkylation sites (tertiary alicyclic amines) is 1. The molecule has 8 nitrogen and oxygen atoms in total. The smallest absolute Gasteiger partial charge is 0.340 e. The molecule has 228 valence electrons. The van der Waals surface area contributed by atoms with Gasteiger partial charge in [-0.15, -0.1) is 16.4 Å². The minimum Gasteiger partial charge on any atom is -0.456 e. The third-order valence-corrected chi connectivity index (χ3v) is 9.63. The number of piperidine rings is 1. The number of thiophene rings is 1. The second-order valence-electron chi connectivity index (χ2n) is 13.1. The third kappa shape index (κ3) is 6.58. The molecule has 1 aliphatic heterocycles. The highest BCUT2D eigenvalue weighted by Gasteiger charge is 2.39. The van der Waals surface area contributed by atoms with Crippen LogP contribution in [0, 0.1) is 20.8 Å². The molecule has 3 aromatic heterocycles. The summed E-state index contributed by atoms with van der Waals surface area (Å²) in [5.74, 6) is -0.296. The Morgan fingerprint density at radius 2 is 1.88 bits per heavy atom. The van der Waals surface area contributed by atoms with Crippen LogP contribution in [-0.2, 0) is 11.3 Å². The zero-order valence-corrected chi connectivity index (χ0v) is 27.8. The van der Waals surface area contributed by atoms with Crippen molar-refractivity contribution in [3.63, 3.8) is 0 Å². The van der Waals surface area contributed by atoms with Gasteiger partial charge in [0, 0.05) is 33.4 Å². The van der Waals surface area contributed by atoms with E-state index in [9.17, 15) is 9.59 Å². The topological polar surface area (TPSA) is 82.2 Å². The number of rotatable bonds is 6. The number of nitrogens with zero attached hydrogens (tertiary/aromatic N) is 5. The Kier molecular flexibility index (Phi) is 8.35. The van der Waals surface area contributed by atoms with Crippen LogP contribution in [-0.4, -0.2) is 54.0 Å². The number of carbonyl (C=O) groups excluding carboxylic acids is 2. The van der Waals surface area contributed by atoms with Crippen molar-refractivity contribution in [2.45, 2.75) is 92.0 Å². The van der Waals surface area contributed by atoms with Crippen LogP contribution in [0.1, 0.15) is 96.2 Å². The van der Waals surface area contributed by atoms with E-state index >= 15 is 0 Å². The van der Waals surface area contributed by atoms with Crippen LogP contribution in [0.5, 0.6) is 0 Å². The van der Waals surface area contributed by atoms with Gasteiger partial charge >= 0.3 is 5.97 Å². The Balaban J connectivity index is 1.33. The number of hydrogen-bond donors (Lipinski definition) is 0. The van der Waals surface area contributed by atoms with Gasteiger partial charge in [0.05, 0.1) is 29.2 Å². The average Bonchev–Trinajstić information content (AvgIpc) is 3.61. The summed E-state index contributed by atoms with van der Waals surface area (Å²) < 4.78 is 9.55. The van der Waals surface area contributed by atoms with Gasteiger partial charge in [0.25, 0.3) is 5.91 Å². The van der Waals surface area contributed by atoms with Gasteiger partial charge in [-0.05, 0) is 104 Å². The van der Waals surface area contributed by atoms with Crippen LogP contribution < -0.4 is 0 Å². The minimum atomic E-state index is -0.563.